The fourth-order valence-corrected chi connectivity index (χ4v) is 3.56. The Balaban J connectivity index is 1.58. The fourth-order valence-electron chi connectivity index (χ4n) is 2.79. The van der Waals surface area contributed by atoms with E-state index in [2.05, 4.69) is 15.5 Å². The lowest BCUT2D eigenvalue weighted by Gasteiger charge is -2.03. The summed E-state index contributed by atoms with van der Waals surface area (Å²) in [7, 11) is 0. The molecule has 4 aromatic rings. The summed E-state index contributed by atoms with van der Waals surface area (Å²) in [5.74, 6) is 0. The quantitative estimate of drug-likeness (QED) is 0.282. The van der Waals surface area contributed by atoms with Gasteiger partial charge in [0.15, 0.2) is 10.7 Å². The van der Waals surface area contributed by atoms with Crippen LogP contribution >= 0.6 is 11.3 Å². The van der Waals surface area contributed by atoms with Gasteiger partial charge >= 0.3 is 0 Å². The van der Waals surface area contributed by atoms with E-state index in [1.54, 1.807) is 17.5 Å². The molecule has 0 aliphatic rings. The lowest BCUT2D eigenvalue weighted by molar-refractivity contribution is -0.384. The van der Waals surface area contributed by atoms with Crippen molar-refractivity contribution < 1.29 is 4.92 Å². The fraction of sp³-hybridized carbons (Fsp3) is 0. The van der Waals surface area contributed by atoms with Gasteiger partial charge in [0.2, 0.25) is 0 Å². The molecule has 3 aromatic carbocycles. The van der Waals surface area contributed by atoms with Gasteiger partial charge in [-0.3, -0.25) is 15.5 Å². The number of nitrogens with one attached hydrogen (secondary N) is 1. The summed E-state index contributed by atoms with van der Waals surface area (Å²) >= 11 is 1.25. The standard InChI is InChI=1S/C21H13N5O2S/c22-12-19(25-24-17-9-8-14-4-1-2-5-15(14)10-17)21-23-20(13-29-21)16-6-3-7-18(11-16)26(27)28/h1-11,13,24H/b25-19-. The van der Waals surface area contributed by atoms with Crippen LogP contribution in [-0.4, -0.2) is 15.6 Å². The molecule has 140 valence electrons. The van der Waals surface area contributed by atoms with E-state index in [0.717, 1.165) is 16.5 Å². The number of thiazole rings is 1. The van der Waals surface area contributed by atoms with E-state index in [9.17, 15) is 15.4 Å². The van der Waals surface area contributed by atoms with Crippen LogP contribution in [-0.2, 0) is 0 Å². The topological polar surface area (TPSA) is 104 Å². The minimum absolute atomic E-state index is 0.0100. The highest BCUT2D eigenvalue weighted by Crippen LogP contribution is 2.26. The molecule has 1 heterocycles. The van der Waals surface area contributed by atoms with Crippen molar-refractivity contribution in [1.29, 1.82) is 5.26 Å². The Hall–Kier alpha value is -4.09. The van der Waals surface area contributed by atoms with Gasteiger partial charge < -0.3 is 0 Å². The third-order valence-electron chi connectivity index (χ3n) is 4.21. The van der Waals surface area contributed by atoms with E-state index in [4.69, 9.17) is 0 Å². The largest absolute Gasteiger partial charge is 0.277 e. The van der Waals surface area contributed by atoms with Gasteiger partial charge in [0.25, 0.3) is 5.69 Å². The van der Waals surface area contributed by atoms with Gasteiger partial charge in [-0.15, -0.1) is 11.3 Å². The van der Waals surface area contributed by atoms with Crippen molar-refractivity contribution in [3.8, 4) is 17.3 Å². The molecule has 29 heavy (non-hydrogen) atoms. The highest BCUT2D eigenvalue weighted by atomic mass is 32.1. The van der Waals surface area contributed by atoms with Gasteiger partial charge in [0.1, 0.15) is 6.07 Å². The molecule has 0 aliphatic heterocycles. The molecule has 7 nitrogen and oxygen atoms in total. The first-order chi connectivity index (χ1) is 14.1. The third kappa shape index (κ3) is 3.95. The van der Waals surface area contributed by atoms with Crippen LogP contribution in [0.4, 0.5) is 11.4 Å². The van der Waals surface area contributed by atoms with Crippen LogP contribution in [0, 0.1) is 21.4 Å². The Bertz CT molecular complexity index is 1290. The Morgan fingerprint density at radius 3 is 2.72 bits per heavy atom. The first-order valence-electron chi connectivity index (χ1n) is 8.57. The SMILES string of the molecule is N#C/C(=N/Nc1ccc2ccccc2c1)c1nc(-c2cccc([N+](=O)[O-])c2)cs1. The Morgan fingerprint density at radius 2 is 1.93 bits per heavy atom. The number of rotatable bonds is 5. The Kier molecular flexibility index (Phi) is 4.97. The number of hydrogen-bond donors (Lipinski definition) is 1. The molecule has 0 spiro atoms. The van der Waals surface area contributed by atoms with Gasteiger partial charge in [-0.25, -0.2) is 4.98 Å². The molecule has 0 atom stereocenters. The number of anilines is 1. The second-order valence-corrected chi connectivity index (χ2v) is 6.95. The molecule has 1 aromatic heterocycles. The number of nitrogens with zero attached hydrogens (tertiary/aromatic N) is 4. The first-order valence-corrected chi connectivity index (χ1v) is 9.45. The molecule has 0 amide bonds. The minimum atomic E-state index is -0.452. The summed E-state index contributed by atoms with van der Waals surface area (Å²) in [6.45, 7) is 0. The number of aromatic nitrogens is 1. The molecule has 1 N–H and O–H groups in total. The number of fused-ring (bicyclic) bond motifs is 1. The van der Waals surface area contributed by atoms with Crippen LogP contribution in [0.25, 0.3) is 22.0 Å². The van der Waals surface area contributed by atoms with Crippen LogP contribution in [0.5, 0.6) is 0 Å². The van der Waals surface area contributed by atoms with Crippen LogP contribution in [0.1, 0.15) is 5.01 Å². The number of benzene rings is 3. The van der Waals surface area contributed by atoms with Crippen LogP contribution in [0.2, 0.25) is 0 Å². The average molecular weight is 399 g/mol. The predicted molar refractivity (Wildman–Crippen MR) is 114 cm³/mol. The predicted octanol–water partition coefficient (Wildman–Crippen LogP) is 5.21. The highest BCUT2D eigenvalue weighted by Gasteiger charge is 2.13. The summed E-state index contributed by atoms with van der Waals surface area (Å²) in [5, 5.41) is 29.0. The normalized spacial score (nSPS) is 11.2. The van der Waals surface area contributed by atoms with Gasteiger partial charge in [-0.1, -0.05) is 42.5 Å². The maximum absolute atomic E-state index is 11.0. The number of nitro groups is 1. The molecule has 0 aliphatic carbocycles. The summed E-state index contributed by atoms with van der Waals surface area (Å²) in [4.78, 5) is 14.9. The zero-order valence-corrected chi connectivity index (χ0v) is 15.8. The van der Waals surface area contributed by atoms with Crippen molar-refractivity contribution in [1.82, 2.24) is 4.98 Å². The maximum atomic E-state index is 11.0. The minimum Gasteiger partial charge on any atom is -0.277 e. The second kappa shape index (κ2) is 7.88. The Labute approximate surface area is 169 Å². The first kappa shape index (κ1) is 18.3. The summed E-state index contributed by atoms with van der Waals surface area (Å²) in [6, 6.07) is 22.0. The number of hydrazone groups is 1. The summed E-state index contributed by atoms with van der Waals surface area (Å²) in [5.41, 5.74) is 4.96. The van der Waals surface area contributed by atoms with Crippen LogP contribution in [0.3, 0.4) is 0 Å². The smallest absolute Gasteiger partial charge is 0.270 e. The Morgan fingerprint density at radius 1 is 1.10 bits per heavy atom. The molecule has 0 bridgehead atoms. The van der Waals surface area contributed by atoms with Crippen molar-refractivity contribution in [2.45, 2.75) is 0 Å². The average Bonchev–Trinajstić information content (AvgIpc) is 3.24. The zero-order chi connectivity index (χ0) is 20.2. The van der Waals surface area contributed by atoms with Crippen molar-refractivity contribution in [3.63, 3.8) is 0 Å². The van der Waals surface area contributed by atoms with E-state index in [-0.39, 0.29) is 11.4 Å². The molecule has 0 unspecified atom stereocenters. The second-order valence-electron chi connectivity index (χ2n) is 6.09. The van der Waals surface area contributed by atoms with Crippen molar-refractivity contribution in [2.24, 2.45) is 5.10 Å². The van der Waals surface area contributed by atoms with Crippen molar-refractivity contribution >= 4 is 39.2 Å². The van der Waals surface area contributed by atoms with E-state index < -0.39 is 4.92 Å². The van der Waals surface area contributed by atoms with Crippen LogP contribution in [0.15, 0.2) is 77.2 Å². The molecule has 0 saturated heterocycles. The molecule has 8 heteroatoms. The van der Waals surface area contributed by atoms with Crippen molar-refractivity contribution in [3.05, 3.63) is 87.2 Å². The number of non-ortho nitro benzene ring substituents is 1. The summed E-state index contributed by atoms with van der Waals surface area (Å²) in [6.07, 6.45) is 0. The van der Waals surface area contributed by atoms with Crippen LogP contribution < -0.4 is 5.43 Å². The van der Waals surface area contributed by atoms with E-state index in [1.165, 1.54) is 23.5 Å². The van der Waals surface area contributed by atoms with Gasteiger partial charge in [-0.2, -0.15) is 10.4 Å². The molecular formula is C21H13N5O2S. The highest BCUT2D eigenvalue weighted by molar-refractivity contribution is 7.12. The van der Waals surface area contributed by atoms with Crippen molar-refractivity contribution in [2.75, 3.05) is 5.43 Å². The van der Waals surface area contributed by atoms with Gasteiger partial charge in [0.05, 0.1) is 16.3 Å². The lowest BCUT2D eigenvalue weighted by Crippen LogP contribution is -2.01. The maximum Gasteiger partial charge on any atom is 0.270 e. The molecule has 4 rings (SSSR count). The number of nitriles is 1. The molecule has 0 radical (unpaired) electrons. The number of nitro benzene ring substituents is 1. The molecular weight excluding hydrogens is 386 g/mol. The third-order valence-corrected chi connectivity index (χ3v) is 5.06. The molecule has 0 saturated carbocycles. The van der Waals surface area contributed by atoms with E-state index >= 15 is 0 Å². The monoisotopic (exact) mass is 399 g/mol. The van der Waals surface area contributed by atoms with Gasteiger partial charge in [0, 0.05) is 23.1 Å². The van der Waals surface area contributed by atoms with E-state index in [1.807, 2.05) is 48.5 Å². The number of hydrogen-bond acceptors (Lipinski definition) is 7. The summed E-state index contributed by atoms with van der Waals surface area (Å²) < 4.78 is 0. The molecule has 0 fully saturated rings. The van der Waals surface area contributed by atoms with Gasteiger partial charge in [-0.05, 0) is 22.9 Å². The lowest BCUT2D eigenvalue weighted by atomic mass is 10.1. The zero-order valence-electron chi connectivity index (χ0n) is 14.9. The van der Waals surface area contributed by atoms with E-state index in [0.29, 0.717) is 16.3 Å².